The summed E-state index contributed by atoms with van der Waals surface area (Å²) in [6.45, 7) is 2.92. The molecule has 4 rings (SSSR count). The Hall–Kier alpha value is -2.91. The number of aromatic amines is 1. The second-order valence-electron chi connectivity index (χ2n) is 5.83. The van der Waals surface area contributed by atoms with Crippen molar-refractivity contribution in [1.29, 1.82) is 0 Å². The number of nitrogens with zero attached hydrogens (tertiary/aromatic N) is 2. The molecule has 3 N–H and O–H groups in total. The molecule has 0 atom stereocenters. The van der Waals surface area contributed by atoms with Crippen LogP contribution in [-0.2, 0) is 4.74 Å². The molecule has 26 heavy (non-hydrogen) atoms. The van der Waals surface area contributed by atoms with Gasteiger partial charge in [-0.05, 0) is 24.3 Å². The summed E-state index contributed by atoms with van der Waals surface area (Å²) in [6.07, 6.45) is 0. The normalized spacial score (nSPS) is 14.5. The summed E-state index contributed by atoms with van der Waals surface area (Å²) in [6, 6.07) is 8.88. The highest BCUT2D eigenvalue weighted by Crippen LogP contribution is 2.30. The highest BCUT2D eigenvalue weighted by atomic mass is 32.1. The topological polar surface area (TPSA) is 108 Å². The van der Waals surface area contributed by atoms with Gasteiger partial charge in [-0.1, -0.05) is 6.07 Å². The lowest BCUT2D eigenvalue weighted by Gasteiger charge is -2.29. The molecule has 0 aliphatic carbocycles. The number of hydrogen-bond acceptors (Lipinski definition) is 6. The van der Waals surface area contributed by atoms with Gasteiger partial charge in [-0.25, -0.2) is 4.79 Å². The Morgan fingerprint density at radius 3 is 2.85 bits per heavy atom. The number of benzene rings is 1. The maximum absolute atomic E-state index is 12.6. The zero-order valence-corrected chi connectivity index (χ0v) is 14.5. The molecule has 1 aliphatic heterocycles. The first-order valence-electron chi connectivity index (χ1n) is 8.07. The Balaban J connectivity index is 1.55. The molecule has 1 saturated heterocycles. The second kappa shape index (κ2) is 6.77. The minimum Gasteiger partial charge on any atom is -0.477 e. The number of carboxylic acid groups (broad SMARTS) is 1. The van der Waals surface area contributed by atoms with Gasteiger partial charge in [0.05, 0.1) is 23.4 Å². The van der Waals surface area contributed by atoms with Crippen LogP contribution < -0.4 is 10.2 Å². The molecule has 8 nitrogen and oxygen atoms in total. The maximum atomic E-state index is 12.6. The Morgan fingerprint density at radius 1 is 1.27 bits per heavy atom. The van der Waals surface area contributed by atoms with Crippen LogP contribution in [0.4, 0.5) is 11.5 Å². The lowest BCUT2D eigenvalue weighted by molar-refractivity contribution is 0.0702. The van der Waals surface area contributed by atoms with Gasteiger partial charge in [-0.2, -0.15) is 5.10 Å². The van der Waals surface area contributed by atoms with Gasteiger partial charge in [0.2, 0.25) is 0 Å². The molecule has 9 heteroatoms. The molecule has 1 fully saturated rings. The van der Waals surface area contributed by atoms with Crippen LogP contribution in [0, 0.1) is 0 Å². The van der Waals surface area contributed by atoms with Crippen LogP contribution in [-0.4, -0.2) is 53.5 Å². The number of H-pyrrole nitrogens is 1. The standard InChI is InChI=1S/C17H16N4O4S/c22-16(10-2-1-3-11(8-10)21-4-6-25-7-5-21)18-15-14-12(19-20-15)9-13(26-14)17(23)24/h1-3,8-9H,4-7H2,(H,23,24)(H2,18,19,20,22). The lowest BCUT2D eigenvalue weighted by Crippen LogP contribution is -2.36. The molecule has 1 amide bonds. The Labute approximate surface area is 152 Å². The van der Waals surface area contributed by atoms with Gasteiger partial charge in [0.15, 0.2) is 5.82 Å². The van der Waals surface area contributed by atoms with Gasteiger partial charge >= 0.3 is 5.97 Å². The quantitative estimate of drug-likeness (QED) is 0.649. The van der Waals surface area contributed by atoms with Crippen molar-refractivity contribution < 1.29 is 19.4 Å². The number of ether oxygens (including phenoxy) is 1. The highest BCUT2D eigenvalue weighted by Gasteiger charge is 2.18. The van der Waals surface area contributed by atoms with Gasteiger partial charge in [-0.15, -0.1) is 11.3 Å². The van der Waals surface area contributed by atoms with Crippen molar-refractivity contribution in [3.8, 4) is 0 Å². The van der Waals surface area contributed by atoms with E-state index < -0.39 is 5.97 Å². The third-order valence-corrected chi connectivity index (χ3v) is 5.29. The van der Waals surface area contributed by atoms with E-state index in [1.54, 1.807) is 6.07 Å². The summed E-state index contributed by atoms with van der Waals surface area (Å²) in [5.74, 6) is -0.965. The molecule has 3 heterocycles. The fraction of sp³-hybridized carbons (Fsp3) is 0.235. The number of fused-ring (bicyclic) bond motifs is 1. The number of rotatable bonds is 4. The third-order valence-electron chi connectivity index (χ3n) is 4.16. The molecular formula is C17H16N4O4S. The fourth-order valence-electron chi connectivity index (χ4n) is 2.85. The smallest absolute Gasteiger partial charge is 0.345 e. The third kappa shape index (κ3) is 3.14. The predicted octanol–water partition coefficient (Wildman–Crippen LogP) is 2.41. The van der Waals surface area contributed by atoms with Crippen LogP contribution >= 0.6 is 11.3 Å². The van der Waals surface area contributed by atoms with E-state index in [2.05, 4.69) is 20.4 Å². The van der Waals surface area contributed by atoms with Crippen LogP contribution in [0.1, 0.15) is 20.0 Å². The molecular weight excluding hydrogens is 356 g/mol. The van der Waals surface area contributed by atoms with Gasteiger partial charge < -0.3 is 20.1 Å². The molecule has 0 radical (unpaired) electrons. The average Bonchev–Trinajstić information content (AvgIpc) is 3.25. The number of aromatic carboxylic acids is 1. The highest BCUT2D eigenvalue weighted by molar-refractivity contribution is 7.21. The molecule has 134 valence electrons. The number of carboxylic acids is 1. The minimum atomic E-state index is -1.00. The minimum absolute atomic E-state index is 0.193. The van der Waals surface area contributed by atoms with E-state index in [1.165, 1.54) is 6.07 Å². The number of hydrogen-bond donors (Lipinski definition) is 3. The molecule has 1 aliphatic rings. The molecule has 1 aromatic carbocycles. The van der Waals surface area contributed by atoms with E-state index in [9.17, 15) is 9.59 Å². The monoisotopic (exact) mass is 372 g/mol. The number of aromatic nitrogens is 2. The van der Waals surface area contributed by atoms with Crippen molar-refractivity contribution in [3.05, 3.63) is 40.8 Å². The summed E-state index contributed by atoms with van der Waals surface area (Å²) >= 11 is 1.07. The van der Waals surface area contributed by atoms with Crippen molar-refractivity contribution >= 4 is 44.9 Å². The molecule has 0 saturated carbocycles. The molecule has 0 spiro atoms. The maximum Gasteiger partial charge on any atom is 0.345 e. The van der Waals surface area contributed by atoms with E-state index in [1.807, 2.05) is 18.2 Å². The molecule has 3 aromatic rings. The van der Waals surface area contributed by atoms with Crippen molar-refractivity contribution in [2.75, 3.05) is 36.5 Å². The van der Waals surface area contributed by atoms with Crippen LogP contribution in [0.25, 0.3) is 10.2 Å². The predicted molar refractivity (Wildman–Crippen MR) is 98.4 cm³/mol. The first kappa shape index (κ1) is 16.6. The molecule has 0 unspecified atom stereocenters. The van der Waals surface area contributed by atoms with Crippen molar-refractivity contribution in [1.82, 2.24) is 10.2 Å². The zero-order chi connectivity index (χ0) is 18.1. The van der Waals surface area contributed by atoms with Crippen LogP contribution in [0.3, 0.4) is 0 Å². The number of nitrogens with one attached hydrogen (secondary N) is 2. The molecule has 2 aromatic heterocycles. The summed E-state index contributed by atoms with van der Waals surface area (Å²) < 4.78 is 5.97. The van der Waals surface area contributed by atoms with Gasteiger partial charge in [-0.3, -0.25) is 9.89 Å². The summed E-state index contributed by atoms with van der Waals surface area (Å²) in [7, 11) is 0. The van der Waals surface area contributed by atoms with E-state index in [4.69, 9.17) is 9.84 Å². The number of anilines is 2. The van der Waals surface area contributed by atoms with Gasteiger partial charge in [0, 0.05) is 24.3 Å². The van der Waals surface area contributed by atoms with Crippen LogP contribution in [0.15, 0.2) is 30.3 Å². The van der Waals surface area contributed by atoms with Crippen molar-refractivity contribution in [2.45, 2.75) is 0 Å². The van der Waals surface area contributed by atoms with E-state index in [0.717, 1.165) is 30.1 Å². The average molecular weight is 372 g/mol. The first-order valence-corrected chi connectivity index (χ1v) is 8.89. The van der Waals surface area contributed by atoms with Crippen molar-refractivity contribution in [3.63, 3.8) is 0 Å². The Morgan fingerprint density at radius 2 is 2.08 bits per heavy atom. The van der Waals surface area contributed by atoms with E-state index in [-0.39, 0.29) is 10.8 Å². The number of thiophene rings is 1. The Bertz CT molecular complexity index is 974. The summed E-state index contributed by atoms with van der Waals surface area (Å²) in [5, 5.41) is 18.7. The first-order chi connectivity index (χ1) is 12.6. The van der Waals surface area contributed by atoms with E-state index >= 15 is 0 Å². The van der Waals surface area contributed by atoms with Gasteiger partial charge in [0.1, 0.15) is 4.88 Å². The Kier molecular flexibility index (Phi) is 4.31. The second-order valence-corrected chi connectivity index (χ2v) is 6.89. The van der Waals surface area contributed by atoms with Crippen LogP contribution in [0.2, 0.25) is 0 Å². The van der Waals surface area contributed by atoms with Crippen molar-refractivity contribution in [2.24, 2.45) is 0 Å². The van der Waals surface area contributed by atoms with Crippen LogP contribution in [0.5, 0.6) is 0 Å². The SMILES string of the molecule is O=C(Nc1n[nH]c2cc(C(=O)O)sc12)c1cccc(N2CCOCC2)c1. The summed E-state index contributed by atoms with van der Waals surface area (Å²) in [4.78, 5) is 26.1. The number of morpholine rings is 1. The molecule has 0 bridgehead atoms. The summed E-state index contributed by atoms with van der Waals surface area (Å²) in [5.41, 5.74) is 2.07. The lowest BCUT2D eigenvalue weighted by atomic mass is 10.1. The fourth-order valence-corrected chi connectivity index (χ4v) is 3.74. The zero-order valence-electron chi connectivity index (χ0n) is 13.7. The number of carbonyl (C=O) groups is 2. The largest absolute Gasteiger partial charge is 0.477 e. The number of amides is 1. The van der Waals surface area contributed by atoms with E-state index in [0.29, 0.717) is 34.8 Å². The number of carbonyl (C=O) groups excluding carboxylic acids is 1. The van der Waals surface area contributed by atoms with Gasteiger partial charge in [0.25, 0.3) is 5.91 Å².